The Kier molecular flexibility index (Phi) is 3.96. The predicted octanol–water partition coefficient (Wildman–Crippen LogP) is 3.57. The van der Waals surface area contributed by atoms with Crippen LogP contribution >= 0.6 is 0 Å². The summed E-state index contributed by atoms with van der Waals surface area (Å²) in [6.45, 7) is 0. The molecule has 1 heterocycles. The van der Waals surface area contributed by atoms with Gasteiger partial charge in [-0.15, -0.1) is 9.94 Å². The van der Waals surface area contributed by atoms with Crippen LogP contribution in [-0.4, -0.2) is 21.1 Å². The molecule has 3 rings (SSSR count). The predicted molar refractivity (Wildman–Crippen MR) is 83.8 cm³/mol. The minimum absolute atomic E-state index is 0.0487. The summed E-state index contributed by atoms with van der Waals surface area (Å²) in [7, 11) is 0. The lowest BCUT2D eigenvalue weighted by Gasteiger charge is -2.17. The molecule has 0 bridgehead atoms. The summed E-state index contributed by atoms with van der Waals surface area (Å²) < 4.78 is 41.3. The van der Waals surface area contributed by atoms with Gasteiger partial charge >= 0.3 is 6.18 Å². The molecule has 0 unspecified atom stereocenters. The van der Waals surface area contributed by atoms with E-state index >= 15 is 0 Å². The average Bonchev–Trinajstić information content (AvgIpc) is 2.96. The molecule has 0 saturated heterocycles. The van der Waals surface area contributed by atoms with E-state index in [1.54, 1.807) is 30.3 Å². The third kappa shape index (κ3) is 3.06. The summed E-state index contributed by atoms with van der Waals surface area (Å²) in [6.07, 6.45) is -4.70. The minimum atomic E-state index is -4.70. The van der Waals surface area contributed by atoms with Gasteiger partial charge in [-0.05, 0) is 11.1 Å². The van der Waals surface area contributed by atoms with E-state index in [-0.39, 0.29) is 27.4 Å². The fourth-order valence-electron chi connectivity index (χ4n) is 2.61. The highest BCUT2D eigenvalue weighted by Crippen LogP contribution is 2.43. The van der Waals surface area contributed by atoms with Crippen molar-refractivity contribution in [1.29, 1.82) is 0 Å². The number of rotatable bonds is 3. The van der Waals surface area contributed by atoms with Crippen LogP contribution in [0.2, 0.25) is 0 Å². The second kappa shape index (κ2) is 5.97. The summed E-state index contributed by atoms with van der Waals surface area (Å²) >= 11 is 0. The molecule has 0 spiro atoms. The average molecular weight is 347 g/mol. The molecule has 0 atom stereocenters. The fraction of sp³-hybridized carbons (Fsp3) is 0.0588. The van der Waals surface area contributed by atoms with Crippen LogP contribution < -0.4 is 5.73 Å². The Morgan fingerprint density at radius 1 is 1.04 bits per heavy atom. The normalized spacial score (nSPS) is 11.5. The largest absolute Gasteiger partial charge is 0.417 e. The molecule has 1 aromatic heterocycles. The third-order valence-corrected chi connectivity index (χ3v) is 3.65. The molecule has 25 heavy (non-hydrogen) atoms. The number of benzene rings is 2. The lowest BCUT2D eigenvalue weighted by molar-refractivity contribution is -0.136. The van der Waals surface area contributed by atoms with Crippen molar-refractivity contribution >= 4 is 5.91 Å². The molecular formula is C17H12F3N3O2. The van der Waals surface area contributed by atoms with Crippen LogP contribution in [-0.2, 0) is 6.18 Å². The molecule has 1 amide bonds. The van der Waals surface area contributed by atoms with Crippen LogP contribution in [0.1, 0.15) is 16.1 Å². The Bertz CT molecular complexity index is 934. The summed E-state index contributed by atoms with van der Waals surface area (Å²) in [6, 6.07) is 13.1. The minimum Gasteiger partial charge on any atom is -0.411 e. The van der Waals surface area contributed by atoms with Gasteiger partial charge in [0.2, 0.25) is 0 Å². The van der Waals surface area contributed by atoms with Gasteiger partial charge in [0.1, 0.15) is 5.69 Å². The maximum atomic E-state index is 13.8. The molecule has 8 heteroatoms. The van der Waals surface area contributed by atoms with Gasteiger partial charge in [0, 0.05) is 11.6 Å². The number of hydrogen-bond donors (Lipinski definition) is 2. The summed E-state index contributed by atoms with van der Waals surface area (Å²) in [5.74, 6) is -0.957. The molecular weight excluding hydrogens is 335 g/mol. The van der Waals surface area contributed by atoms with E-state index < -0.39 is 17.6 Å². The van der Waals surface area contributed by atoms with Crippen LogP contribution in [0.25, 0.3) is 22.4 Å². The third-order valence-electron chi connectivity index (χ3n) is 3.65. The molecule has 3 N–H and O–H groups in total. The molecule has 0 saturated carbocycles. The van der Waals surface area contributed by atoms with Crippen LogP contribution in [0.15, 0.2) is 54.6 Å². The Morgan fingerprint density at radius 3 is 2.24 bits per heavy atom. The number of carbonyl (C=O) groups is 1. The van der Waals surface area contributed by atoms with E-state index in [1.807, 2.05) is 0 Å². The number of nitrogens with two attached hydrogens (primary N) is 1. The van der Waals surface area contributed by atoms with Crippen molar-refractivity contribution in [2.45, 2.75) is 6.18 Å². The van der Waals surface area contributed by atoms with Crippen molar-refractivity contribution < 1.29 is 23.2 Å². The number of nitrogens with zero attached hydrogens (tertiary/aromatic N) is 2. The first-order chi connectivity index (χ1) is 11.8. The number of amides is 1. The summed E-state index contributed by atoms with van der Waals surface area (Å²) in [5.41, 5.74) is 3.53. The van der Waals surface area contributed by atoms with E-state index in [2.05, 4.69) is 5.10 Å². The van der Waals surface area contributed by atoms with E-state index in [0.29, 0.717) is 5.56 Å². The zero-order valence-electron chi connectivity index (χ0n) is 12.7. The van der Waals surface area contributed by atoms with Gasteiger partial charge in [0.15, 0.2) is 5.69 Å². The van der Waals surface area contributed by atoms with Gasteiger partial charge < -0.3 is 10.9 Å². The molecule has 0 aliphatic carbocycles. The molecule has 5 nitrogen and oxygen atoms in total. The first-order valence-corrected chi connectivity index (χ1v) is 7.14. The lowest BCUT2D eigenvalue weighted by atomic mass is 9.93. The first kappa shape index (κ1) is 16.6. The van der Waals surface area contributed by atoms with E-state index in [9.17, 15) is 23.2 Å². The molecule has 0 aliphatic rings. The van der Waals surface area contributed by atoms with Crippen molar-refractivity contribution in [2.24, 2.45) is 5.73 Å². The lowest BCUT2D eigenvalue weighted by Crippen LogP contribution is -2.12. The zero-order chi connectivity index (χ0) is 18.2. The van der Waals surface area contributed by atoms with Gasteiger partial charge in [-0.3, -0.25) is 4.79 Å². The first-order valence-electron chi connectivity index (χ1n) is 7.14. The molecule has 3 aromatic rings. The van der Waals surface area contributed by atoms with Gasteiger partial charge in [-0.25, -0.2) is 0 Å². The standard InChI is InChI=1S/C17H12F3N3O2/c18-17(19,20)15-11(10-5-2-1-3-6-10)7-4-8-12(15)14-9-13(16(21)24)22-23(14)25/h1-9,25H,(H2,21,24). The maximum absolute atomic E-state index is 13.8. The number of halogens is 3. The van der Waals surface area contributed by atoms with Crippen LogP contribution in [0.4, 0.5) is 13.2 Å². The van der Waals surface area contributed by atoms with Gasteiger partial charge in [0.05, 0.1) is 5.56 Å². The van der Waals surface area contributed by atoms with Crippen molar-refractivity contribution in [3.63, 3.8) is 0 Å². The van der Waals surface area contributed by atoms with Gasteiger partial charge in [-0.2, -0.15) is 13.2 Å². The summed E-state index contributed by atoms with van der Waals surface area (Å²) in [4.78, 5) is 11.4. The number of primary amides is 1. The van der Waals surface area contributed by atoms with Crippen molar-refractivity contribution in [3.8, 4) is 22.4 Å². The second-order valence-corrected chi connectivity index (χ2v) is 5.26. The van der Waals surface area contributed by atoms with Crippen molar-refractivity contribution in [3.05, 3.63) is 65.9 Å². The van der Waals surface area contributed by atoms with Gasteiger partial charge in [0.25, 0.3) is 5.91 Å². The second-order valence-electron chi connectivity index (χ2n) is 5.26. The topological polar surface area (TPSA) is 81.1 Å². The fourth-order valence-corrected chi connectivity index (χ4v) is 2.61. The number of carbonyl (C=O) groups excluding carboxylic acids is 1. The zero-order valence-corrected chi connectivity index (χ0v) is 12.7. The van der Waals surface area contributed by atoms with Crippen LogP contribution in [0.3, 0.4) is 0 Å². The number of aromatic nitrogens is 2. The molecule has 0 aliphatic heterocycles. The van der Waals surface area contributed by atoms with E-state index in [0.717, 1.165) is 6.07 Å². The maximum Gasteiger partial charge on any atom is 0.417 e. The molecule has 0 fully saturated rings. The Hall–Kier alpha value is -3.29. The van der Waals surface area contributed by atoms with E-state index in [4.69, 9.17) is 5.73 Å². The smallest absolute Gasteiger partial charge is 0.411 e. The quantitative estimate of drug-likeness (QED) is 0.711. The monoisotopic (exact) mass is 347 g/mol. The number of alkyl halides is 3. The van der Waals surface area contributed by atoms with Crippen molar-refractivity contribution in [1.82, 2.24) is 9.94 Å². The Balaban J connectivity index is 2.30. The SMILES string of the molecule is NC(=O)c1cc(-c2cccc(-c3ccccc3)c2C(F)(F)F)n(O)n1. The van der Waals surface area contributed by atoms with Crippen LogP contribution in [0.5, 0.6) is 0 Å². The molecule has 128 valence electrons. The molecule has 2 aromatic carbocycles. The summed E-state index contributed by atoms with van der Waals surface area (Å²) in [5, 5.41) is 13.3. The number of hydrogen-bond acceptors (Lipinski definition) is 3. The molecule has 0 radical (unpaired) electrons. The highest BCUT2D eigenvalue weighted by Gasteiger charge is 2.37. The van der Waals surface area contributed by atoms with Crippen molar-refractivity contribution in [2.75, 3.05) is 0 Å². The van der Waals surface area contributed by atoms with Gasteiger partial charge in [-0.1, -0.05) is 48.5 Å². The Morgan fingerprint density at radius 2 is 1.68 bits per heavy atom. The van der Waals surface area contributed by atoms with E-state index in [1.165, 1.54) is 18.2 Å². The van der Waals surface area contributed by atoms with Crippen LogP contribution in [0, 0.1) is 0 Å². The Labute approximate surface area is 140 Å². The highest BCUT2D eigenvalue weighted by molar-refractivity contribution is 5.92. The highest BCUT2D eigenvalue weighted by atomic mass is 19.4.